The number of halogens is 3. The van der Waals surface area contributed by atoms with Gasteiger partial charge in [0.1, 0.15) is 17.6 Å². The molecule has 0 aromatic carbocycles. The van der Waals surface area contributed by atoms with Gasteiger partial charge >= 0.3 is 6.18 Å². The van der Waals surface area contributed by atoms with Gasteiger partial charge in [0.2, 0.25) is 5.82 Å². The highest BCUT2D eigenvalue weighted by Crippen LogP contribution is 2.28. The molecule has 24 heavy (non-hydrogen) atoms. The zero-order valence-corrected chi connectivity index (χ0v) is 12.7. The Labute approximate surface area is 135 Å². The maximum atomic E-state index is 12.6. The second-order valence-electron chi connectivity index (χ2n) is 5.33. The SMILES string of the molecule is Cc1ccc(C2COCCN2C(=O)c2cnc(C(F)(F)F)nc2)o1. The molecule has 1 amide bonds. The minimum absolute atomic E-state index is 0.0156. The molecule has 1 unspecified atom stereocenters. The molecule has 0 bridgehead atoms. The van der Waals surface area contributed by atoms with Crippen LogP contribution in [0.2, 0.25) is 0 Å². The lowest BCUT2D eigenvalue weighted by Gasteiger charge is -2.34. The monoisotopic (exact) mass is 341 g/mol. The van der Waals surface area contributed by atoms with Gasteiger partial charge in [0.15, 0.2) is 0 Å². The van der Waals surface area contributed by atoms with Gasteiger partial charge in [-0.2, -0.15) is 13.2 Å². The van der Waals surface area contributed by atoms with Crippen molar-refractivity contribution < 1.29 is 27.1 Å². The van der Waals surface area contributed by atoms with E-state index in [0.29, 0.717) is 24.7 Å². The molecule has 1 atom stereocenters. The molecule has 0 radical (unpaired) electrons. The fourth-order valence-electron chi connectivity index (χ4n) is 2.47. The van der Waals surface area contributed by atoms with E-state index in [9.17, 15) is 18.0 Å². The summed E-state index contributed by atoms with van der Waals surface area (Å²) in [5, 5.41) is 0. The third-order valence-corrected chi connectivity index (χ3v) is 3.63. The summed E-state index contributed by atoms with van der Waals surface area (Å²) < 4.78 is 48.5. The van der Waals surface area contributed by atoms with Crippen LogP contribution in [0.25, 0.3) is 0 Å². The highest BCUT2D eigenvalue weighted by Gasteiger charge is 2.35. The average molecular weight is 341 g/mol. The average Bonchev–Trinajstić information content (AvgIpc) is 3.00. The lowest BCUT2D eigenvalue weighted by molar-refractivity contribution is -0.145. The van der Waals surface area contributed by atoms with Crippen molar-refractivity contribution >= 4 is 5.91 Å². The van der Waals surface area contributed by atoms with Crippen molar-refractivity contribution in [3.8, 4) is 0 Å². The first-order valence-electron chi connectivity index (χ1n) is 7.20. The second kappa shape index (κ2) is 6.23. The molecule has 2 aromatic heterocycles. The Hall–Kier alpha value is -2.42. The highest BCUT2D eigenvalue weighted by molar-refractivity contribution is 5.94. The number of hydrogen-bond acceptors (Lipinski definition) is 5. The normalized spacial score (nSPS) is 18.7. The number of ether oxygens (including phenoxy) is 1. The van der Waals surface area contributed by atoms with Gasteiger partial charge in [0.25, 0.3) is 5.91 Å². The van der Waals surface area contributed by atoms with Crippen LogP contribution in [0.1, 0.15) is 33.7 Å². The number of nitrogens with zero attached hydrogens (tertiary/aromatic N) is 3. The molecular weight excluding hydrogens is 327 g/mol. The summed E-state index contributed by atoms with van der Waals surface area (Å²) in [7, 11) is 0. The first-order chi connectivity index (χ1) is 11.4. The van der Waals surface area contributed by atoms with Crippen LogP contribution in [0.5, 0.6) is 0 Å². The van der Waals surface area contributed by atoms with E-state index in [4.69, 9.17) is 9.15 Å². The summed E-state index contributed by atoms with van der Waals surface area (Å²) in [5.41, 5.74) is -0.0156. The van der Waals surface area contributed by atoms with Crippen molar-refractivity contribution in [2.45, 2.75) is 19.1 Å². The third-order valence-electron chi connectivity index (χ3n) is 3.63. The number of aryl methyl sites for hydroxylation is 1. The number of carbonyl (C=O) groups is 1. The lowest BCUT2D eigenvalue weighted by atomic mass is 10.1. The Morgan fingerprint density at radius 3 is 2.58 bits per heavy atom. The Balaban J connectivity index is 1.84. The van der Waals surface area contributed by atoms with E-state index < -0.39 is 23.9 Å². The fraction of sp³-hybridized carbons (Fsp3) is 0.400. The standard InChI is InChI=1S/C15H14F3N3O3/c1-9-2-3-12(24-9)11-8-23-5-4-21(11)13(22)10-6-19-14(20-7-10)15(16,17)18/h2-3,6-7,11H,4-5,8H2,1H3. The molecule has 6 nitrogen and oxygen atoms in total. The van der Waals surface area contributed by atoms with E-state index in [1.165, 1.54) is 4.90 Å². The van der Waals surface area contributed by atoms with Crippen LogP contribution < -0.4 is 0 Å². The molecule has 2 aromatic rings. The molecule has 1 aliphatic rings. The van der Waals surface area contributed by atoms with Gasteiger partial charge in [-0.1, -0.05) is 0 Å². The van der Waals surface area contributed by atoms with E-state index in [-0.39, 0.29) is 12.2 Å². The molecule has 0 aliphatic carbocycles. The first-order valence-corrected chi connectivity index (χ1v) is 7.20. The summed E-state index contributed by atoms with van der Waals surface area (Å²) in [6, 6.07) is 3.08. The van der Waals surface area contributed by atoms with Crippen molar-refractivity contribution in [3.63, 3.8) is 0 Å². The lowest BCUT2D eigenvalue weighted by Crippen LogP contribution is -2.43. The van der Waals surface area contributed by atoms with Gasteiger partial charge in [-0.15, -0.1) is 0 Å². The number of furan rings is 1. The van der Waals surface area contributed by atoms with Gasteiger partial charge in [0, 0.05) is 18.9 Å². The molecule has 1 aliphatic heterocycles. The van der Waals surface area contributed by atoms with Crippen molar-refractivity contribution in [2.24, 2.45) is 0 Å². The molecule has 0 saturated carbocycles. The van der Waals surface area contributed by atoms with E-state index in [0.717, 1.165) is 12.4 Å². The van der Waals surface area contributed by atoms with Crippen LogP contribution in [-0.4, -0.2) is 40.5 Å². The maximum absolute atomic E-state index is 12.6. The van der Waals surface area contributed by atoms with E-state index >= 15 is 0 Å². The van der Waals surface area contributed by atoms with E-state index in [2.05, 4.69) is 9.97 Å². The molecule has 3 rings (SSSR count). The fourth-order valence-corrected chi connectivity index (χ4v) is 2.47. The van der Waals surface area contributed by atoms with Crippen molar-refractivity contribution in [2.75, 3.05) is 19.8 Å². The van der Waals surface area contributed by atoms with Crippen LogP contribution in [0, 0.1) is 6.92 Å². The van der Waals surface area contributed by atoms with Crippen molar-refractivity contribution in [1.82, 2.24) is 14.9 Å². The van der Waals surface area contributed by atoms with Crippen LogP contribution in [0.3, 0.4) is 0 Å². The molecule has 3 heterocycles. The molecular formula is C15H14F3N3O3. The minimum atomic E-state index is -4.64. The number of rotatable bonds is 2. The Morgan fingerprint density at radius 2 is 2.00 bits per heavy atom. The number of aromatic nitrogens is 2. The van der Waals surface area contributed by atoms with Gasteiger partial charge in [-0.3, -0.25) is 4.79 Å². The Morgan fingerprint density at radius 1 is 1.29 bits per heavy atom. The molecule has 128 valence electrons. The Kier molecular flexibility index (Phi) is 4.27. The predicted molar refractivity (Wildman–Crippen MR) is 75.1 cm³/mol. The first kappa shape index (κ1) is 16.4. The second-order valence-corrected chi connectivity index (χ2v) is 5.33. The molecule has 0 N–H and O–H groups in total. The van der Waals surface area contributed by atoms with Crippen LogP contribution in [0.4, 0.5) is 13.2 Å². The largest absolute Gasteiger partial charge is 0.464 e. The van der Waals surface area contributed by atoms with Crippen LogP contribution >= 0.6 is 0 Å². The van der Waals surface area contributed by atoms with Crippen molar-refractivity contribution in [3.05, 3.63) is 47.4 Å². The number of morpholine rings is 1. The maximum Gasteiger partial charge on any atom is 0.451 e. The Bertz CT molecular complexity index is 728. The van der Waals surface area contributed by atoms with Gasteiger partial charge in [-0.25, -0.2) is 9.97 Å². The van der Waals surface area contributed by atoms with E-state index in [1.807, 2.05) is 0 Å². The van der Waals surface area contributed by atoms with Crippen molar-refractivity contribution in [1.29, 1.82) is 0 Å². The summed E-state index contributed by atoms with van der Waals surface area (Å²) in [5.74, 6) is -0.487. The topological polar surface area (TPSA) is 68.5 Å². The van der Waals surface area contributed by atoms with Crippen LogP contribution in [-0.2, 0) is 10.9 Å². The van der Waals surface area contributed by atoms with Gasteiger partial charge in [-0.05, 0) is 19.1 Å². The zero-order chi connectivity index (χ0) is 17.3. The van der Waals surface area contributed by atoms with Crippen LogP contribution in [0.15, 0.2) is 28.9 Å². The highest BCUT2D eigenvalue weighted by atomic mass is 19.4. The smallest absolute Gasteiger partial charge is 0.451 e. The summed E-state index contributed by atoms with van der Waals surface area (Å²) in [4.78, 5) is 20.6. The predicted octanol–water partition coefficient (Wildman–Crippen LogP) is 2.61. The van der Waals surface area contributed by atoms with E-state index in [1.54, 1.807) is 19.1 Å². The molecule has 1 saturated heterocycles. The summed E-state index contributed by atoms with van der Waals surface area (Å²) in [6.07, 6.45) is -2.87. The van der Waals surface area contributed by atoms with Gasteiger partial charge < -0.3 is 14.1 Å². The summed E-state index contributed by atoms with van der Waals surface area (Å²) in [6.45, 7) is 2.66. The number of hydrogen-bond donors (Lipinski definition) is 0. The minimum Gasteiger partial charge on any atom is -0.464 e. The summed E-state index contributed by atoms with van der Waals surface area (Å²) >= 11 is 0. The molecule has 1 fully saturated rings. The number of amides is 1. The van der Waals surface area contributed by atoms with Gasteiger partial charge in [0.05, 0.1) is 18.8 Å². The third kappa shape index (κ3) is 3.25. The number of carbonyl (C=O) groups excluding carboxylic acids is 1. The molecule has 9 heteroatoms. The molecule has 0 spiro atoms. The number of alkyl halides is 3. The quantitative estimate of drug-likeness (QED) is 0.840. The zero-order valence-electron chi connectivity index (χ0n) is 12.7.